The Morgan fingerprint density at radius 1 is 1.08 bits per heavy atom. The van der Waals surface area contributed by atoms with Gasteiger partial charge in [-0.05, 0) is 17.7 Å². The number of hydrogen-bond donors (Lipinski definition) is 1. The average molecular weight is 349 g/mol. The number of piperazine rings is 1. The van der Waals surface area contributed by atoms with E-state index in [1.54, 1.807) is 21.1 Å². The van der Waals surface area contributed by atoms with Gasteiger partial charge in [-0.3, -0.25) is 14.5 Å². The number of nitrogens with one attached hydrogen (secondary N) is 1. The Morgan fingerprint density at radius 3 is 2.36 bits per heavy atom. The van der Waals surface area contributed by atoms with Gasteiger partial charge < -0.3 is 19.7 Å². The Morgan fingerprint density at radius 2 is 1.76 bits per heavy atom. The molecule has 1 saturated heterocycles. The van der Waals surface area contributed by atoms with Gasteiger partial charge in [0, 0.05) is 52.6 Å². The summed E-state index contributed by atoms with van der Waals surface area (Å²) in [6, 6.07) is 5.59. The maximum Gasteiger partial charge on any atom is 0.221 e. The minimum atomic E-state index is 0.0174. The third kappa shape index (κ3) is 5.63. The summed E-state index contributed by atoms with van der Waals surface area (Å²) >= 11 is 0. The number of carbonyl (C=O) groups excluding carboxylic acids is 2. The van der Waals surface area contributed by atoms with Crippen molar-refractivity contribution in [1.82, 2.24) is 15.1 Å². The van der Waals surface area contributed by atoms with Crippen molar-refractivity contribution in [3.8, 4) is 11.5 Å². The van der Waals surface area contributed by atoms with Crippen molar-refractivity contribution < 1.29 is 19.1 Å². The highest BCUT2D eigenvalue weighted by Crippen LogP contribution is 2.27. The molecule has 1 N–H and O–H groups in total. The molecule has 25 heavy (non-hydrogen) atoms. The summed E-state index contributed by atoms with van der Waals surface area (Å²) < 4.78 is 10.5. The van der Waals surface area contributed by atoms with Crippen molar-refractivity contribution in [3.05, 3.63) is 23.8 Å². The van der Waals surface area contributed by atoms with E-state index in [1.807, 2.05) is 23.1 Å². The zero-order valence-electron chi connectivity index (χ0n) is 15.2. The normalized spacial score (nSPS) is 14.9. The fraction of sp³-hybridized carbons (Fsp3) is 0.556. The van der Waals surface area contributed by atoms with Crippen LogP contribution in [0.15, 0.2) is 18.2 Å². The third-order valence-corrected chi connectivity index (χ3v) is 4.41. The van der Waals surface area contributed by atoms with Crippen LogP contribution >= 0.6 is 0 Å². The molecule has 0 saturated carbocycles. The summed E-state index contributed by atoms with van der Waals surface area (Å²) in [5, 5.41) is 2.93. The van der Waals surface area contributed by atoms with E-state index in [-0.39, 0.29) is 11.8 Å². The number of carbonyl (C=O) groups is 2. The van der Waals surface area contributed by atoms with E-state index in [0.717, 1.165) is 31.7 Å². The molecule has 1 heterocycles. The highest BCUT2D eigenvalue weighted by Gasteiger charge is 2.18. The first-order valence-electron chi connectivity index (χ1n) is 8.49. The number of rotatable bonds is 7. The zero-order valence-corrected chi connectivity index (χ0v) is 15.2. The van der Waals surface area contributed by atoms with E-state index >= 15 is 0 Å². The predicted octanol–water partition coefficient (Wildman–Crippen LogP) is 0.874. The molecule has 1 aromatic rings. The van der Waals surface area contributed by atoms with E-state index < -0.39 is 0 Å². The SMILES string of the molecule is COc1ccc(CNC(=O)CCN2CCN(C(C)=O)CC2)cc1OC. The molecular weight excluding hydrogens is 322 g/mol. The van der Waals surface area contributed by atoms with Gasteiger partial charge >= 0.3 is 0 Å². The van der Waals surface area contributed by atoms with Crippen LogP contribution in [-0.2, 0) is 16.1 Å². The molecule has 1 aromatic carbocycles. The molecule has 7 heteroatoms. The summed E-state index contributed by atoms with van der Waals surface area (Å²) in [4.78, 5) is 27.4. The quantitative estimate of drug-likeness (QED) is 0.791. The first-order valence-corrected chi connectivity index (χ1v) is 8.49. The van der Waals surface area contributed by atoms with Gasteiger partial charge in [0.1, 0.15) is 0 Å². The fourth-order valence-corrected chi connectivity index (χ4v) is 2.83. The first kappa shape index (κ1) is 19.1. The van der Waals surface area contributed by atoms with Gasteiger partial charge in [-0.1, -0.05) is 6.07 Å². The summed E-state index contributed by atoms with van der Waals surface area (Å²) in [5.74, 6) is 1.45. The van der Waals surface area contributed by atoms with Gasteiger partial charge in [-0.25, -0.2) is 0 Å². The lowest BCUT2D eigenvalue weighted by atomic mass is 10.2. The molecule has 2 amide bonds. The van der Waals surface area contributed by atoms with Crippen LogP contribution in [0.2, 0.25) is 0 Å². The van der Waals surface area contributed by atoms with Crippen molar-refractivity contribution in [2.45, 2.75) is 19.9 Å². The molecule has 0 aromatic heterocycles. The minimum absolute atomic E-state index is 0.0174. The molecule has 138 valence electrons. The number of methoxy groups -OCH3 is 2. The Hall–Kier alpha value is -2.28. The van der Waals surface area contributed by atoms with Crippen molar-refractivity contribution in [2.24, 2.45) is 0 Å². The van der Waals surface area contributed by atoms with E-state index in [0.29, 0.717) is 31.0 Å². The van der Waals surface area contributed by atoms with E-state index in [2.05, 4.69) is 10.2 Å². The number of hydrogen-bond acceptors (Lipinski definition) is 5. The lowest BCUT2D eigenvalue weighted by Crippen LogP contribution is -2.48. The maximum absolute atomic E-state index is 12.1. The van der Waals surface area contributed by atoms with Gasteiger partial charge in [-0.15, -0.1) is 0 Å². The number of nitrogens with zero attached hydrogens (tertiary/aromatic N) is 2. The molecule has 0 unspecified atom stereocenters. The van der Waals surface area contributed by atoms with Gasteiger partial charge in [0.05, 0.1) is 14.2 Å². The van der Waals surface area contributed by atoms with Crippen LogP contribution in [0, 0.1) is 0 Å². The molecule has 0 spiro atoms. The predicted molar refractivity (Wildman–Crippen MR) is 94.7 cm³/mol. The highest BCUT2D eigenvalue weighted by atomic mass is 16.5. The van der Waals surface area contributed by atoms with Crippen molar-refractivity contribution in [1.29, 1.82) is 0 Å². The Kier molecular flexibility index (Phi) is 7.06. The van der Waals surface area contributed by atoms with Crippen LogP contribution in [0.3, 0.4) is 0 Å². The molecule has 7 nitrogen and oxygen atoms in total. The third-order valence-electron chi connectivity index (χ3n) is 4.41. The van der Waals surface area contributed by atoms with Crippen LogP contribution in [0.25, 0.3) is 0 Å². The topological polar surface area (TPSA) is 71.1 Å². The van der Waals surface area contributed by atoms with E-state index in [4.69, 9.17) is 9.47 Å². The van der Waals surface area contributed by atoms with Crippen molar-refractivity contribution in [3.63, 3.8) is 0 Å². The number of ether oxygens (including phenoxy) is 2. The summed E-state index contributed by atoms with van der Waals surface area (Å²) in [6.45, 7) is 5.88. The molecule has 1 aliphatic rings. The molecule has 2 rings (SSSR count). The molecule has 0 aliphatic carbocycles. The van der Waals surface area contributed by atoms with Crippen molar-refractivity contribution >= 4 is 11.8 Å². The molecular formula is C18H27N3O4. The summed E-state index contributed by atoms with van der Waals surface area (Å²) in [7, 11) is 3.18. The first-order chi connectivity index (χ1) is 12.0. The molecule has 0 radical (unpaired) electrons. The number of benzene rings is 1. The second-order valence-corrected chi connectivity index (χ2v) is 6.06. The Labute approximate surface area is 148 Å². The largest absolute Gasteiger partial charge is 0.493 e. The monoisotopic (exact) mass is 349 g/mol. The van der Waals surface area contributed by atoms with Gasteiger partial charge in [0.2, 0.25) is 11.8 Å². The second kappa shape index (κ2) is 9.27. The van der Waals surface area contributed by atoms with Crippen LogP contribution in [0.1, 0.15) is 18.9 Å². The maximum atomic E-state index is 12.1. The standard InChI is InChI=1S/C18H27N3O4/c1-14(22)21-10-8-20(9-11-21)7-6-18(23)19-13-15-4-5-16(24-2)17(12-15)25-3/h4-5,12H,6-11,13H2,1-3H3,(H,19,23). The highest BCUT2D eigenvalue weighted by molar-refractivity contribution is 5.76. The second-order valence-electron chi connectivity index (χ2n) is 6.06. The van der Waals surface area contributed by atoms with Crippen LogP contribution < -0.4 is 14.8 Å². The Bertz CT molecular complexity index is 598. The minimum Gasteiger partial charge on any atom is -0.493 e. The average Bonchev–Trinajstić information content (AvgIpc) is 2.64. The van der Waals surface area contributed by atoms with Gasteiger partial charge in [-0.2, -0.15) is 0 Å². The molecule has 1 aliphatic heterocycles. The molecule has 1 fully saturated rings. The summed E-state index contributed by atoms with van der Waals surface area (Å²) in [5.41, 5.74) is 0.959. The van der Waals surface area contributed by atoms with Crippen molar-refractivity contribution in [2.75, 3.05) is 46.9 Å². The van der Waals surface area contributed by atoms with E-state index in [9.17, 15) is 9.59 Å². The van der Waals surface area contributed by atoms with Crippen LogP contribution in [-0.4, -0.2) is 68.6 Å². The van der Waals surface area contributed by atoms with Gasteiger partial charge in [0.15, 0.2) is 11.5 Å². The fourth-order valence-electron chi connectivity index (χ4n) is 2.83. The van der Waals surface area contributed by atoms with Crippen LogP contribution in [0.4, 0.5) is 0 Å². The summed E-state index contributed by atoms with van der Waals surface area (Å²) in [6.07, 6.45) is 0.452. The zero-order chi connectivity index (χ0) is 18.2. The lowest BCUT2D eigenvalue weighted by Gasteiger charge is -2.34. The smallest absolute Gasteiger partial charge is 0.221 e. The lowest BCUT2D eigenvalue weighted by molar-refractivity contribution is -0.131. The molecule has 0 bridgehead atoms. The van der Waals surface area contributed by atoms with E-state index in [1.165, 1.54) is 0 Å². The van der Waals surface area contributed by atoms with Crippen LogP contribution in [0.5, 0.6) is 11.5 Å². The van der Waals surface area contributed by atoms with Gasteiger partial charge in [0.25, 0.3) is 0 Å². The Balaban J connectivity index is 1.72. The molecule has 0 atom stereocenters. The number of amides is 2.